The first kappa shape index (κ1) is 29.7. The molecule has 0 spiro atoms. The minimum atomic E-state index is -0.979. The number of carbonyl (C=O) groups is 1. The fourth-order valence-corrected chi connectivity index (χ4v) is 4.66. The minimum absolute atomic E-state index is 0.0172. The number of carboxylic acid groups (broad SMARTS) is 1. The molecule has 0 saturated heterocycles. The second kappa shape index (κ2) is 13.4. The molecule has 0 radical (unpaired) electrons. The van der Waals surface area contributed by atoms with Gasteiger partial charge in [0.15, 0.2) is 11.5 Å². The van der Waals surface area contributed by atoms with Crippen LogP contribution in [0.2, 0.25) is 0 Å². The number of hydrogen-bond donors (Lipinski definition) is 1. The molecule has 0 saturated carbocycles. The Bertz CT molecular complexity index is 1660. The number of benzene rings is 3. The van der Waals surface area contributed by atoms with Gasteiger partial charge < -0.3 is 14.6 Å². The Kier molecular flexibility index (Phi) is 9.73. The molecule has 0 aliphatic heterocycles. The predicted molar refractivity (Wildman–Crippen MR) is 165 cm³/mol. The van der Waals surface area contributed by atoms with Crippen LogP contribution in [-0.4, -0.2) is 33.6 Å². The van der Waals surface area contributed by atoms with Gasteiger partial charge >= 0.3 is 5.97 Å². The van der Waals surface area contributed by atoms with Gasteiger partial charge in [0.05, 0.1) is 29.3 Å². The summed E-state index contributed by atoms with van der Waals surface area (Å²) >= 11 is 3.44. The first-order valence-corrected chi connectivity index (χ1v) is 14.2. The van der Waals surface area contributed by atoms with Crippen molar-refractivity contribution in [2.45, 2.75) is 46.1 Å². The number of halogens is 1. The van der Waals surface area contributed by atoms with Crippen molar-refractivity contribution in [1.82, 2.24) is 9.66 Å². The molecule has 1 N–H and O–H groups in total. The zero-order chi connectivity index (χ0) is 29.5. The van der Waals surface area contributed by atoms with E-state index < -0.39 is 5.97 Å². The number of hydrogen-bond acceptors (Lipinski definition) is 6. The van der Waals surface area contributed by atoms with Crippen molar-refractivity contribution in [3.63, 3.8) is 0 Å². The van der Waals surface area contributed by atoms with Crippen LogP contribution in [-0.2, 0) is 13.0 Å². The van der Waals surface area contributed by atoms with Crippen molar-refractivity contribution in [2.75, 3.05) is 6.61 Å². The molecule has 41 heavy (non-hydrogen) atoms. The lowest BCUT2D eigenvalue weighted by Crippen LogP contribution is -2.23. The molecule has 0 aliphatic rings. The third-order valence-electron chi connectivity index (χ3n) is 6.61. The predicted octanol–water partition coefficient (Wildman–Crippen LogP) is 6.96. The third kappa shape index (κ3) is 6.92. The van der Waals surface area contributed by atoms with E-state index in [1.165, 1.54) is 4.68 Å². The summed E-state index contributed by atoms with van der Waals surface area (Å²) in [5, 5.41) is 14.2. The maximum atomic E-state index is 13.5. The number of aromatic carboxylic acids is 1. The van der Waals surface area contributed by atoms with Crippen LogP contribution in [0.25, 0.3) is 10.9 Å². The number of fused-ring (bicyclic) bond motifs is 1. The first-order valence-electron chi connectivity index (χ1n) is 13.4. The van der Waals surface area contributed by atoms with E-state index in [-0.39, 0.29) is 23.6 Å². The molecule has 0 unspecified atom stereocenters. The van der Waals surface area contributed by atoms with E-state index in [2.05, 4.69) is 27.6 Å². The van der Waals surface area contributed by atoms with Gasteiger partial charge in [0, 0.05) is 16.0 Å². The van der Waals surface area contributed by atoms with Crippen molar-refractivity contribution in [3.8, 4) is 11.5 Å². The Balaban J connectivity index is 1.73. The number of nitrogens with zero attached hydrogens (tertiary/aromatic N) is 3. The van der Waals surface area contributed by atoms with Gasteiger partial charge in [0.25, 0.3) is 5.56 Å². The summed E-state index contributed by atoms with van der Waals surface area (Å²) < 4.78 is 14.3. The zero-order valence-corrected chi connectivity index (χ0v) is 24.8. The number of allylic oxidation sites excluding steroid dienone is 1. The van der Waals surface area contributed by atoms with Gasteiger partial charge in [0.1, 0.15) is 12.4 Å². The summed E-state index contributed by atoms with van der Waals surface area (Å²) in [5.74, 6) is 0.733. The van der Waals surface area contributed by atoms with Crippen LogP contribution in [0.3, 0.4) is 0 Å². The molecule has 0 aliphatic carbocycles. The van der Waals surface area contributed by atoms with Crippen molar-refractivity contribution in [1.29, 1.82) is 0 Å². The molecular weight excluding hydrogens is 586 g/mol. The highest BCUT2D eigenvalue weighted by Crippen LogP contribution is 2.34. The number of aromatic nitrogens is 2. The Morgan fingerprint density at radius 2 is 1.90 bits per heavy atom. The summed E-state index contributed by atoms with van der Waals surface area (Å²) in [6, 6.07) is 15.7. The molecule has 0 amide bonds. The molecule has 0 fully saturated rings. The van der Waals surface area contributed by atoms with E-state index >= 15 is 0 Å². The van der Waals surface area contributed by atoms with Gasteiger partial charge in [-0.05, 0) is 73.4 Å². The third-order valence-corrected chi connectivity index (χ3v) is 7.10. The SMILES string of the molecule is C=CCc1cc(C=Nn2c([C@@H](C)CC)nc3ccc(Br)cc3c2=O)cc(OCC)c1OCc1ccc(C(=O)O)cc1. The Hall–Kier alpha value is -4.24. The Morgan fingerprint density at radius 3 is 2.56 bits per heavy atom. The first-order chi connectivity index (χ1) is 19.7. The van der Waals surface area contributed by atoms with Crippen LogP contribution < -0.4 is 15.0 Å². The van der Waals surface area contributed by atoms with E-state index in [0.717, 1.165) is 27.6 Å². The Morgan fingerprint density at radius 1 is 1.15 bits per heavy atom. The van der Waals surface area contributed by atoms with Crippen molar-refractivity contribution in [3.05, 3.63) is 110 Å². The molecule has 212 valence electrons. The maximum absolute atomic E-state index is 13.5. The lowest BCUT2D eigenvalue weighted by Gasteiger charge is -2.17. The highest BCUT2D eigenvalue weighted by atomic mass is 79.9. The normalized spacial score (nSPS) is 12.0. The molecule has 1 heterocycles. The molecule has 1 atom stereocenters. The fraction of sp³-hybridized carbons (Fsp3) is 0.250. The van der Waals surface area contributed by atoms with Crippen LogP contribution in [0, 0.1) is 0 Å². The zero-order valence-electron chi connectivity index (χ0n) is 23.3. The Labute approximate surface area is 247 Å². The van der Waals surface area contributed by atoms with E-state index in [0.29, 0.717) is 41.3 Å². The largest absolute Gasteiger partial charge is 0.490 e. The average Bonchev–Trinajstić information content (AvgIpc) is 2.96. The quantitative estimate of drug-likeness (QED) is 0.136. The second-order valence-corrected chi connectivity index (χ2v) is 10.4. The molecule has 8 nitrogen and oxygen atoms in total. The molecule has 4 rings (SSSR count). The lowest BCUT2D eigenvalue weighted by molar-refractivity contribution is 0.0697. The molecule has 9 heteroatoms. The minimum Gasteiger partial charge on any atom is -0.490 e. The summed E-state index contributed by atoms with van der Waals surface area (Å²) in [5.41, 5.74) is 2.98. The van der Waals surface area contributed by atoms with Crippen LogP contribution in [0.15, 0.2) is 81.6 Å². The van der Waals surface area contributed by atoms with Gasteiger partial charge in [0.2, 0.25) is 0 Å². The van der Waals surface area contributed by atoms with Gasteiger partial charge in [-0.25, -0.2) is 9.78 Å². The van der Waals surface area contributed by atoms with E-state index in [9.17, 15) is 9.59 Å². The average molecular weight is 619 g/mol. The highest BCUT2D eigenvalue weighted by molar-refractivity contribution is 9.10. The summed E-state index contributed by atoms with van der Waals surface area (Å²) in [6.07, 6.45) is 4.71. The van der Waals surface area contributed by atoms with E-state index in [1.54, 1.807) is 42.6 Å². The smallest absolute Gasteiger partial charge is 0.335 e. The summed E-state index contributed by atoms with van der Waals surface area (Å²) in [6.45, 7) is 10.5. The molecule has 4 aromatic rings. The highest BCUT2D eigenvalue weighted by Gasteiger charge is 2.17. The second-order valence-electron chi connectivity index (χ2n) is 9.53. The number of ether oxygens (including phenoxy) is 2. The number of carboxylic acids is 1. The maximum Gasteiger partial charge on any atom is 0.335 e. The molecule has 1 aromatic heterocycles. The lowest BCUT2D eigenvalue weighted by atomic mass is 10.1. The summed E-state index contributed by atoms with van der Waals surface area (Å²) in [7, 11) is 0. The van der Waals surface area contributed by atoms with Crippen LogP contribution >= 0.6 is 15.9 Å². The fourth-order valence-electron chi connectivity index (χ4n) is 4.29. The van der Waals surface area contributed by atoms with Crippen LogP contribution in [0.5, 0.6) is 11.5 Å². The van der Waals surface area contributed by atoms with E-state index in [1.807, 2.05) is 45.0 Å². The molecule has 0 bridgehead atoms. The van der Waals surface area contributed by atoms with Gasteiger partial charge in [-0.3, -0.25) is 4.79 Å². The van der Waals surface area contributed by atoms with Crippen molar-refractivity contribution in [2.24, 2.45) is 5.10 Å². The topological polar surface area (TPSA) is 103 Å². The van der Waals surface area contributed by atoms with Crippen LogP contribution in [0.1, 0.15) is 66.0 Å². The van der Waals surface area contributed by atoms with Crippen molar-refractivity contribution >= 4 is 39.0 Å². The molecular formula is C32H32BrN3O5. The van der Waals surface area contributed by atoms with Gasteiger partial charge in [-0.2, -0.15) is 9.78 Å². The monoisotopic (exact) mass is 617 g/mol. The van der Waals surface area contributed by atoms with Gasteiger partial charge in [-0.15, -0.1) is 6.58 Å². The molecule has 3 aromatic carbocycles. The summed E-state index contributed by atoms with van der Waals surface area (Å²) in [4.78, 5) is 29.5. The van der Waals surface area contributed by atoms with E-state index in [4.69, 9.17) is 19.6 Å². The van der Waals surface area contributed by atoms with Crippen LogP contribution in [0.4, 0.5) is 0 Å². The number of rotatable bonds is 12. The standard InChI is InChI=1S/C32H32BrN3O5/c1-5-8-24-15-22(16-28(40-7-3)29(24)41-19-21-9-11-23(12-10-21)32(38)39)18-34-36-30(20(4)6-2)35-27-14-13-25(33)17-26(27)31(36)37/h5,9-18,20H,1,6-8,19H2,2-4H3,(H,38,39)/t20-/m0/s1. The van der Waals surface area contributed by atoms with Gasteiger partial charge in [-0.1, -0.05) is 48.0 Å². The van der Waals surface area contributed by atoms with Crippen molar-refractivity contribution < 1.29 is 19.4 Å².